The minimum absolute atomic E-state index is 0.239. The first-order valence-corrected chi connectivity index (χ1v) is 5.39. The Morgan fingerprint density at radius 2 is 2.40 bits per heavy atom. The van der Waals surface area contributed by atoms with Gasteiger partial charge in [-0.2, -0.15) is 0 Å². The van der Waals surface area contributed by atoms with Crippen LogP contribution in [0, 0.1) is 5.92 Å². The maximum Gasteiger partial charge on any atom is 0.306 e. The molecule has 1 aromatic rings. The SMILES string of the molecule is CCc1nc2c(n1C)CCC(C(=O)O)C2. The summed E-state index contributed by atoms with van der Waals surface area (Å²) in [5, 5.41) is 8.96. The summed E-state index contributed by atoms with van der Waals surface area (Å²) < 4.78 is 2.12. The molecule has 0 fully saturated rings. The van der Waals surface area contributed by atoms with Crippen LogP contribution in [0.2, 0.25) is 0 Å². The third-order valence-corrected chi connectivity index (χ3v) is 3.22. The van der Waals surface area contributed by atoms with E-state index in [1.54, 1.807) is 0 Å². The molecule has 1 aliphatic rings. The van der Waals surface area contributed by atoms with Crippen molar-refractivity contribution >= 4 is 5.97 Å². The maximum atomic E-state index is 10.9. The minimum Gasteiger partial charge on any atom is -0.481 e. The van der Waals surface area contributed by atoms with Gasteiger partial charge in [-0.05, 0) is 12.8 Å². The lowest BCUT2D eigenvalue weighted by Crippen LogP contribution is -2.22. The zero-order valence-electron chi connectivity index (χ0n) is 9.16. The number of carbonyl (C=O) groups is 1. The van der Waals surface area contributed by atoms with E-state index in [4.69, 9.17) is 5.11 Å². The topological polar surface area (TPSA) is 55.1 Å². The lowest BCUT2D eigenvalue weighted by Gasteiger charge is -2.18. The molecule has 1 unspecified atom stereocenters. The highest BCUT2D eigenvalue weighted by atomic mass is 16.4. The zero-order chi connectivity index (χ0) is 11.0. The van der Waals surface area contributed by atoms with Gasteiger partial charge in [-0.25, -0.2) is 4.98 Å². The second kappa shape index (κ2) is 3.68. The van der Waals surface area contributed by atoms with E-state index in [1.807, 2.05) is 7.05 Å². The van der Waals surface area contributed by atoms with Gasteiger partial charge in [0.25, 0.3) is 0 Å². The van der Waals surface area contributed by atoms with E-state index >= 15 is 0 Å². The highest BCUT2D eigenvalue weighted by molar-refractivity contribution is 5.70. The Labute approximate surface area is 88.9 Å². The van der Waals surface area contributed by atoms with Crippen molar-refractivity contribution in [3.63, 3.8) is 0 Å². The minimum atomic E-state index is -0.690. The number of hydrogen-bond acceptors (Lipinski definition) is 2. The summed E-state index contributed by atoms with van der Waals surface area (Å²) in [4.78, 5) is 15.4. The Bertz CT molecular complexity index is 396. The van der Waals surface area contributed by atoms with E-state index in [-0.39, 0.29) is 5.92 Å². The molecular formula is C11H16N2O2. The molecule has 15 heavy (non-hydrogen) atoms. The molecule has 0 radical (unpaired) electrons. The summed E-state index contributed by atoms with van der Waals surface area (Å²) in [6, 6.07) is 0. The Kier molecular flexibility index (Phi) is 2.50. The number of carboxylic acids is 1. The first-order chi connectivity index (χ1) is 7.13. The van der Waals surface area contributed by atoms with Gasteiger partial charge >= 0.3 is 5.97 Å². The van der Waals surface area contributed by atoms with Crippen molar-refractivity contribution in [2.24, 2.45) is 13.0 Å². The van der Waals surface area contributed by atoms with E-state index in [2.05, 4.69) is 16.5 Å². The van der Waals surface area contributed by atoms with Crippen LogP contribution in [0.4, 0.5) is 0 Å². The second-order valence-corrected chi connectivity index (χ2v) is 4.11. The van der Waals surface area contributed by atoms with E-state index in [0.29, 0.717) is 6.42 Å². The molecule has 0 bridgehead atoms. The molecule has 1 heterocycles. The van der Waals surface area contributed by atoms with Gasteiger partial charge in [0.2, 0.25) is 0 Å². The Balaban J connectivity index is 2.31. The smallest absolute Gasteiger partial charge is 0.306 e. The van der Waals surface area contributed by atoms with Crippen molar-refractivity contribution < 1.29 is 9.90 Å². The number of fused-ring (bicyclic) bond motifs is 1. The molecule has 0 saturated heterocycles. The molecule has 0 spiro atoms. The first-order valence-electron chi connectivity index (χ1n) is 5.39. The monoisotopic (exact) mass is 208 g/mol. The lowest BCUT2D eigenvalue weighted by molar-refractivity contribution is -0.142. The lowest BCUT2D eigenvalue weighted by atomic mass is 9.90. The van der Waals surface area contributed by atoms with Crippen molar-refractivity contribution in [1.82, 2.24) is 9.55 Å². The number of aliphatic carboxylic acids is 1. The third kappa shape index (κ3) is 1.64. The van der Waals surface area contributed by atoms with E-state index in [0.717, 1.165) is 30.8 Å². The first kappa shape index (κ1) is 10.2. The molecular weight excluding hydrogens is 192 g/mol. The van der Waals surface area contributed by atoms with Crippen LogP contribution in [0.5, 0.6) is 0 Å². The zero-order valence-corrected chi connectivity index (χ0v) is 9.16. The van der Waals surface area contributed by atoms with E-state index in [9.17, 15) is 4.79 Å². The van der Waals surface area contributed by atoms with Crippen LogP contribution in [0.25, 0.3) is 0 Å². The van der Waals surface area contributed by atoms with E-state index in [1.165, 1.54) is 5.69 Å². The van der Waals surface area contributed by atoms with Gasteiger partial charge in [0, 0.05) is 25.6 Å². The molecule has 1 N–H and O–H groups in total. The third-order valence-electron chi connectivity index (χ3n) is 3.22. The molecule has 82 valence electrons. The molecule has 0 aromatic carbocycles. The Hall–Kier alpha value is -1.32. The molecule has 1 aliphatic carbocycles. The van der Waals surface area contributed by atoms with Crippen molar-refractivity contribution in [2.45, 2.75) is 32.6 Å². The summed E-state index contributed by atoms with van der Waals surface area (Å²) in [7, 11) is 2.02. The average molecular weight is 208 g/mol. The molecule has 0 aliphatic heterocycles. The van der Waals surface area contributed by atoms with Crippen LogP contribution in [0.1, 0.15) is 30.6 Å². The average Bonchev–Trinajstić information content (AvgIpc) is 2.55. The molecule has 0 amide bonds. The van der Waals surface area contributed by atoms with Gasteiger partial charge in [-0.15, -0.1) is 0 Å². The van der Waals surface area contributed by atoms with Crippen LogP contribution in [-0.4, -0.2) is 20.6 Å². The number of carboxylic acid groups (broad SMARTS) is 1. The molecule has 0 saturated carbocycles. The molecule has 1 atom stereocenters. The van der Waals surface area contributed by atoms with Crippen LogP contribution in [0.3, 0.4) is 0 Å². The second-order valence-electron chi connectivity index (χ2n) is 4.11. The molecule has 4 nitrogen and oxygen atoms in total. The Morgan fingerprint density at radius 3 is 3.00 bits per heavy atom. The fourth-order valence-electron chi connectivity index (χ4n) is 2.29. The predicted molar refractivity (Wildman–Crippen MR) is 55.7 cm³/mol. The van der Waals surface area contributed by atoms with Crippen molar-refractivity contribution in [3.8, 4) is 0 Å². The van der Waals surface area contributed by atoms with Crippen LogP contribution >= 0.6 is 0 Å². The number of hydrogen-bond donors (Lipinski definition) is 1. The standard InChI is InChI=1S/C11H16N2O2/c1-3-10-12-8-6-7(11(14)15)4-5-9(8)13(10)2/h7H,3-6H2,1-2H3,(H,14,15). The van der Waals surface area contributed by atoms with Gasteiger partial charge in [-0.1, -0.05) is 6.92 Å². The van der Waals surface area contributed by atoms with Gasteiger partial charge in [-0.3, -0.25) is 4.79 Å². The van der Waals surface area contributed by atoms with Gasteiger partial charge < -0.3 is 9.67 Å². The quantitative estimate of drug-likeness (QED) is 0.793. The summed E-state index contributed by atoms with van der Waals surface area (Å²) in [6.45, 7) is 2.07. The highest BCUT2D eigenvalue weighted by Crippen LogP contribution is 2.25. The van der Waals surface area contributed by atoms with Crippen molar-refractivity contribution in [1.29, 1.82) is 0 Å². The van der Waals surface area contributed by atoms with Crippen LogP contribution < -0.4 is 0 Å². The van der Waals surface area contributed by atoms with E-state index < -0.39 is 5.97 Å². The number of imidazole rings is 1. The number of rotatable bonds is 2. The summed E-state index contributed by atoms with van der Waals surface area (Å²) >= 11 is 0. The van der Waals surface area contributed by atoms with Gasteiger partial charge in [0.1, 0.15) is 5.82 Å². The predicted octanol–water partition coefficient (Wildman–Crippen LogP) is 1.17. The van der Waals surface area contributed by atoms with Crippen molar-refractivity contribution in [3.05, 3.63) is 17.2 Å². The number of aryl methyl sites for hydroxylation is 1. The van der Waals surface area contributed by atoms with Gasteiger partial charge in [0.05, 0.1) is 11.6 Å². The van der Waals surface area contributed by atoms with Gasteiger partial charge in [0.15, 0.2) is 0 Å². The normalized spacial score (nSPS) is 20.0. The largest absolute Gasteiger partial charge is 0.481 e. The van der Waals surface area contributed by atoms with Crippen LogP contribution in [-0.2, 0) is 31.1 Å². The summed E-state index contributed by atoms with van der Waals surface area (Å²) in [6.07, 6.45) is 3.08. The number of aromatic nitrogens is 2. The van der Waals surface area contributed by atoms with Crippen molar-refractivity contribution in [2.75, 3.05) is 0 Å². The molecule has 4 heteroatoms. The fraction of sp³-hybridized carbons (Fsp3) is 0.636. The summed E-state index contributed by atoms with van der Waals surface area (Å²) in [5.41, 5.74) is 2.22. The molecule has 2 rings (SSSR count). The Morgan fingerprint density at radius 1 is 1.67 bits per heavy atom. The fourth-order valence-corrected chi connectivity index (χ4v) is 2.29. The van der Waals surface area contributed by atoms with Crippen LogP contribution in [0.15, 0.2) is 0 Å². The number of nitrogens with zero attached hydrogens (tertiary/aromatic N) is 2. The molecule has 1 aromatic heterocycles. The summed E-state index contributed by atoms with van der Waals surface area (Å²) in [5.74, 6) is 0.132. The maximum absolute atomic E-state index is 10.9. The highest BCUT2D eigenvalue weighted by Gasteiger charge is 2.27.